The van der Waals surface area contributed by atoms with Crippen LogP contribution >= 0.6 is 11.3 Å². The first-order valence-corrected chi connectivity index (χ1v) is 12.2. The second kappa shape index (κ2) is 9.99. The molecular weight excluding hydrogens is 447 g/mol. The van der Waals surface area contributed by atoms with E-state index in [-0.39, 0.29) is 17.8 Å². The molecule has 0 spiro atoms. The van der Waals surface area contributed by atoms with Crippen molar-refractivity contribution in [1.82, 2.24) is 0 Å². The lowest BCUT2D eigenvalue weighted by Gasteiger charge is -2.33. The van der Waals surface area contributed by atoms with Gasteiger partial charge in [0, 0.05) is 16.7 Å². The van der Waals surface area contributed by atoms with Gasteiger partial charge in [0.2, 0.25) is 0 Å². The molecule has 0 aliphatic heterocycles. The van der Waals surface area contributed by atoms with E-state index in [4.69, 9.17) is 9.47 Å². The molecule has 176 valence electrons. The minimum absolute atomic E-state index is 0.109. The number of benzene rings is 2. The number of hydrogen-bond donors (Lipinski definition) is 0. The smallest absolute Gasteiger partial charge is 0.161 e. The van der Waals surface area contributed by atoms with Crippen molar-refractivity contribution >= 4 is 22.6 Å². The average Bonchev–Trinajstić information content (AvgIpc) is 3.18. The zero-order chi connectivity index (χ0) is 24.3. The normalized spacial score (nSPS) is 15.7. The third kappa shape index (κ3) is 5.15. The molecule has 0 radical (unpaired) electrons. The first-order chi connectivity index (χ1) is 16.3. The van der Waals surface area contributed by atoms with E-state index in [1.807, 2.05) is 12.1 Å². The molecule has 6 heteroatoms. The maximum atomic E-state index is 13.9. The Kier molecular flexibility index (Phi) is 7.04. The quantitative estimate of drug-likeness (QED) is 0.352. The fourth-order valence-corrected chi connectivity index (χ4v) is 5.53. The number of fused-ring (bicyclic) bond motifs is 1. The third-order valence-electron chi connectivity index (χ3n) is 6.44. The predicted octanol–water partition coefficient (Wildman–Crippen LogP) is 7.25. The summed E-state index contributed by atoms with van der Waals surface area (Å²) in [4.78, 5) is 5.97. The van der Waals surface area contributed by atoms with Crippen LogP contribution < -0.4 is 9.47 Å². The van der Waals surface area contributed by atoms with Gasteiger partial charge in [0.05, 0.1) is 12.7 Å². The first kappa shape index (κ1) is 24.0. The number of methoxy groups -OCH3 is 1. The fraction of sp³-hybridized carbons (Fsp3) is 0.357. The minimum atomic E-state index is -0.300. The summed E-state index contributed by atoms with van der Waals surface area (Å²) in [6.07, 6.45) is 4.81. The SMILES string of the molecule is COc1cc(C=Nc2sc3c(c2C#N)CC[C@@H](C(C)(C)C)C3)ccc1OCc1ccccc1F. The van der Waals surface area contributed by atoms with E-state index < -0.39 is 0 Å². The van der Waals surface area contributed by atoms with Crippen LogP contribution in [0.5, 0.6) is 11.5 Å². The Balaban J connectivity index is 1.52. The number of nitriles is 1. The van der Waals surface area contributed by atoms with Gasteiger partial charge in [0.25, 0.3) is 0 Å². The molecule has 0 unspecified atom stereocenters. The Hall–Kier alpha value is -3.17. The molecule has 4 rings (SSSR count). The van der Waals surface area contributed by atoms with Crippen LogP contribution in [-0.4, -0.2) is 13.3 Å². The summed E-state index contributed by atoms with van der Waals surface area (Å²) >= 11 is 1.63. The summed E-state index contributed by atoms with van der Waals surface area (Å²) in [5.74, 6) is 1.38. The van der Waals surface area contributed by atoms with Crippen molar-refractivity contribution in [3.05, 3.63) is 75.4 Å². The van der Waals surface area contributed by atoms with Gasteiger partial charge in [-0.05, 0) is 66.0 Å². The first-order valence-electron chi connectivity index (χ1n) is 11.4. The summed E-state index contributed by atoms with van der Waals surface area (Å²) in [7, 11) is 1.57. The lowest BCUT2D eigenvalue weighted by Crippen LogP contribution is -2.26. The highest BCUT2D eigenvalue weighted by Gasteiger charge is 2.32. The van der Waals surface area contributed by atoms with Crippen LogP contribution in [-0.2, 0) is 19.4 Å². The largest absolute Gasteiger partial charge is 0.493 e. The zero-order valence-electron chi connectivity index (χ0n) is 20.0. The molecule has 0 bridgehead atoms. The van der Waals surface area contributed by atoms with Gasteiger partial charge in [0.15, 0.2) is 11.5 Å². The molecule has 34 heavy (non-hydrogen) atoms. The average molecular weight is 477 g/mol. The molecule has 0 saturated carbocycles. The standard InChI is InChI=1S/C28H29FN2O2S/c1-28(2,3)20-10-11-21-22(15-30)27(34-26(21)14-20)31-16-18-9-12-24(25(13-18)32-4)33-17-19-7-5-6-8-23(19)29/h5-9,12-13,16,20H,10-11,14,17H2,1-4H3/t20-/m1/s1. The second-order valence-electron chi connectivity index (χ2n) is 9.65. The van der Waals surface area contributed by atoms with Gasteiger partial charge in [-0.3, -0.25) is 0 Å². The van der Waals surface area contributed by atoms with E-state index >= 15 is 0 Å². The molecule has 1 aliphatic rings. The van der Waals surface area contributed by atoms with E-state index in [1.165, 1.54) is 16.5 Å². The zero-order valence-corrected chi connectivity index (χ0v) is 20.8. The maximum Gasteiger partial charge on any atom is 0.161 e. The molecule has 1 heterocycles. The van der Waals surface area contributed by atoms with Gasteiger partial charge < -0.3 is 9.47 Å². The molecule has 4 nitrogen and oxygen atoms in total. The van der Waals surface area contributed by atoms with Crippen LogP contribution in [0.2, 0.25) is 0 Å². The van der Waals surface area contributed by atoms with Gasteiger partial charge in [0.1, 0.15) is 23.5 Å². The number of halogens is 1. The second-order valence-corrected chi connectivity index (χ2v) is 10.7. The summed E-state index contributed by atoms with van der Waals surface area (Å²) in [5, 5.41) is 10.6. The number of hydrogen-bond acceptors (Lipinski definition) is 5. The highest BCUT2D eigenvalue weighted by atomic mass is 32.1. The van der Waals surface area contributed by atoms with Crippen LogP contribution in [0.25, 0.3) is 0 Å². The molecule has 0 saturated heterocycles. The van der Waals surface area contributed by atoms with Crippen LogP contribution in [0.1, 0.15) is 54.3 Å². The van der Waals surface area contributed by atoms with Crippen LogP contribution in [0, 0.1) is 28.5 Å². The third-order valence-corrected chi connectivity index (χ3v) is 7.61. The Morgan fingerprint density at radius 2 is 2.00 bits per heavy atom. The molecule has 2 aromatic carbocycles. The number of rotatable bonds is 6. The Bertz CT molecular complexity index is 1250. The molecule has 0 amide bonds. The van der Waals surface area contributed by atoms with Crippen molar-refractivity contribution < 1.29 is 13.9 Å². The summed E-state index contributed by atoms with van der Waals surface area (Å²) < 4.78 is 25.1. The predicted molar refractivity (Wildman–Crippen MR) is 135 cm³/mol. The molecule has 3 aromatic rings. The van der Waals surface area contributed by atoms with Gasteiger partial charge in [-0.15, -0.1) is 11.3 Å². The number of thiophene rings is 1. The minimum Gasteiger partial charge on any atom is -0.493 e. The summed E-state index contributed by atoms with van der Waals surface area (Å²) in [6.45, 7) is 6.98. The fourth-order valence-electron chi connectivity index (χ4n) is 4.30. The van der Waals surface area contributed by atoms with E-state index in [0.29, 0.717) is 28.5 Å². The van der Waals surface area contributed by atoms with Crippen LogP contribution in [0.15, 0.2) is 47.5 Å². The number of aliphatic imine (C=N–C) groups is 1. The van der Waals surface area contributed by atoms with E-state index in [1.54, 1.807) is 48.9 Å². The van der Waals surface area contributed by atoms with Gasteiger partial charge in [-0.1, -0.05) is 39.0 Å². The van der Waals surface area contributed by atoms with Gasteiger partial charge in [-0.25, -0.2) is 9.38 Å². The highest BCUT2D eigenvalue weighted by molar-refractivity contribution is 7.16. The molecular formula is C28H29FN2O2S. The van der Waals surface area contributed by atoms with Gasteiger partial charge >= 0.3 is 0 Å². The molecule has 1 atom stereocenters. The van der Waals surface area contributed by atoms with Crippen molar-refractivity contribution in [1.29, 1.82) is 5.26 Å². The van der Waals surface area contributed by atoms with Crippen molar-refractivity contribution in [3.63, 3.8) is 0 Å². The molecule has 1 aromatic heterocycles. The summed E-state index contributed by atoms with van der Waals surface area (Å²) in [6, 6.07) is 14.4. The van der Waals surface area contributed by atoms with Crippen LogP contribution in [0.3, 0.4) is 0 Å². The van der Waals surface area contributed by atoms with Crippen molar-refractivity contribution in [3.8, 4) is 17.6 Å². The summed E-state index contributed by atoms with van der Waals surface area (Å²) in [5.41, 5.74) is 3.45. The highest BCUT2D eigenvalue weighted by Crippen LogP contribution is 2.45. The Morgan fingerprint density at radius 3 is 2.71 bits per heavy atom. The van der Waals surface area contributed by atoms with E-state index in [9.17, 15) is 9.65 Å². The lowest BCUT2D eigenvalue weighted by atomic mass is 9.72. The topological polar surface area (TPSA) is 54.6 Å². The maximum absolute atomic E-state index is 13.9. The van der Waals surface area contributed by atoms with E-state index in [2.05, 4.69) is 31.8 Å². The number of ether oxygens (including phenoxy) is 2. The van der Waals surface area contributed by atoms with Gasteiger partial charge in [-0.2, -0.15) is 5.26 Å². The van der Waals surface area contributed by atoms with Crippen molar-refractivity contribution in [2.75, 3.05) is 7.11 Å². The van der Waals surface area contributed by atoms with E-state index in [0.717, 1.165) is 29.8 Å². The van der Waals surface area contributed by atoms with Crippen molar-refractivity contribution in [2.45, 2.75) is 46.6 Å². The Morgan fingerprint density at radius 1 is 1.21 bits per heavy atom. The molecule has 0 N–H and O–H groups in total. The monoisotopic (exact) mass is 476 g/mol. The van der Waals surface area contributed by atoms with Crippen molar-refractivity contribution in [2.24, 2.45) is 16.3 Å². The lowest BCUT2D eigenvalue weighted by molar-refractivity contribution is 0.218. The van der Waals surface area contributed by atoms with Crippen LogP contribution in [0.4, 0.5) is 9.39 Å². The molecule has 0 fully saturated rings. The molecule has 1 aliphatic carbocycles. The Labute approximate surface area is 204 Å². The number of nitrogens with zero attached hydrogens (tertiary/aromatic N) is 2.